The molecule has 0 spiro atoms. The predicted octanol–water partition coefficient (Wildman–Crippen LogP) is 1.74. The summed E-state index contributed by atoms with van der Waals surface area (Å²) in [5.74, 6) is 1.24. The number of nitrogen functional groups attached to an aromatic ring is 1. The molecule has 0 amide bonds. The molecule has 3 N–H and O–H groups in total. The Labute approximate surface area is 103 Å². The normalized spacial score (nSPS) is 19.1. The highest BCUT2D eigenvalue weighted by Gasteiger charge is 2.26. The minimum absolute atomic E-state index is 0.303. The van der Waals surface area contributed by atoms with Crippen LogP contribution in [0.2, 0.25) is 0 Å². The van der Waals surface area contributed by atoms with Crippen LogP contribution in [0.4, 0.5) is 5.82 Å². The molecule has 17 heavy (non-hydrogen) atoms. The zero-order valence-electron chi connectivity index (χ0n) is 10.4. The van der Waals surface area contributed by atoms with Crippen LogP contribution in [0.1, 0.15) is 31.4 Å². The molecule has 0 aliphatic carbocycles. The van der Waals surface area contributed by atoms with Gasteiger partial charge in [-0.05, 0) is 31.4 Å². The van der Waals surface area contributed by atoms with Crippen LogP contribution in [0.5, 0.6) is 0 Å². The molecule has 1 saturated heterocycles. The van der Waals surface area contributed by atoms with Gasteiger partial charge in [-0.15, -0.1) is 0 Å². The molecule has 0 aromatic carbocycles. The van der Waals surface area contributed by atoms with Crippen molar-refractivity contribution in [2.24, 2.45) is 5.92 Å². The van der Waals surface area contributed by atoms with Gasteiger partial charge in [-0.2, -0.15) is 0 Å². The molecule has 1 unspecified atom stereocenters. The molecule has 1 fully saturated rings. The lowest BCUT2D eigenvalue weighted by atomic mass is 9.87. The Morgan fingerprint density at radius 1 is 1.53 bits per heavy atom. The third kappa shape index (κ3) is 2.96. The summed E-state index contributed by atoms with van der Waals surface area (Å²) in [6.07, 6.45) is 3.92. The summed E-state index contributed by atoms with van der Waals surface area (Å²) in [7, 11) is 0. The minimum atomic E-state index is 0.303. The average Bonchev–Trinajstić information content (AvgIpc) is 2.38. The average molecular weight is 235 g/mol. The Kier molecular flexibility index (Phi) is 4.34. The van der Waals surface area contributed by atoms with Gasteiger partial charge >= 0.3 is 0 Å². The van der Waals surface area contributed by atoms with Crippen molar-refractivity contribution >= 4 is 5.82 Å². The van der Waals surface area contributed by atoms with E-state index in [1.165, 1.54) is 0 Å². The summed E-state index contributed by atoms with van der Waals surface area (Å²) < 4.78 is 5.42. The number of anilines is 1. The smallest absolute Gasteiger partial charge is 0.128 e. The summed E-state index contributed by atoms with van der Waals surface area (Å²) >= 11 is 0. The van der Waals surface area contributed by atoms with E-state index < -0.39 is 0 Å². The van der Waals surface area contributed by atoms with E-state index in [0.717, 1.165) is 38.2 Å². The minimum Gasteiger partial charge on any atom is -0.383 e. The maximum Gasteiger partial charge on any atom is 0.128 e. The number of rotatable bonds is 4. The van der Waals surface area contributed by atoms with Crippen molar-refractivity contribution in [1.82, 2.24) is 10.3 Å². The SMILES string of the molecule is CCNC(c1cccnc1N)C1CCOCC1. The molecule has 0 radical (unpaired) electrons. The van der Waals surface area contributed by atoms with Gasteiger partial charge < -0.3 is 15.8 Å². The quantitative estimate of drug-likeness (QED) is 0.834. The fourth-order valence-electron chi connectivity index (χ4n) is 2.49. The summed E-state index contributed by atoms with van der Waals surface area (Å²) in [6.45, 7) is 4.77. The van der Waals surface area contributed by atoms with E-state index in [-0.39, 0.29) is 0 Å². The first-order valence-electron chi connectivity index (χ1n) is 6.34. The summed E-state index contributed by atoms with van der Waals surface area (Å²) in [4.78, 5) is 4.18. The van der Waals surface area contributed by atoms with Crippen molar-refractivity contribution in [1.29, 1.82) is 0 Å². The van der Waals surface area contributed by atoms with Gasteiger partial charge in [0.05, 0.1) is 0 Å². The van der Waals surface area contributed by atoms with Gasteiger partial charge in [-0.1, -0.05) is 13.0 Å². The van der Waals surface area contributed by atoms with Crippen molar-refractivity contribution in [3.05, 3.63) is 23.9 Å². The standard InChI is InChI=1S/C13H21N3O/c1-2-15-12(10-5-8-17-9-6-10)11-4-3-7-16-13(11)14/h3-4,7,10,12,15H,2,5-6,8-9H2,1H3,(H2,14,16). The lowest BCUT2D eigenvalue weighted by Crippen LogP contribution is -2.32. The molecule has 1 aromatic rings. The molecule has 1 atom stereocenters. The molecule has 94 valence electrons. The van der Waals surface area contributed by atoms with Crippen LogP contribution in [-0.2, 0) is 4.74 Å². The fraction of sp³-hybridized carbons (Fsp3) is 0.615. The Hall–Kier alpha value is -1.13. The van der Waals surface area contributed by atoms with E-state index in [2.05, 4.69) is 23.3 Å². The van der Waals surface area contributed by atoms with E-state index >= 15 is 0 Å². The third-order valence-corrected chi connectivity index (χ3v) is 3.37. The van der Waals surface area contributed by atoms with E-state index in [1.54, 1.807) is 6.20 Å². The lowest BCUT2D eigenvalue weighted by Gasteiger charge is -2.31. The second-order valence-corrected chi connectivity index (χ2v) is 4.46. The number of nitrogens with zero attached hydrogens (tertiary/aromatic N) is 1. The van der Waals surface area contributed by atoms with Gasteiger partial charge in [0.1, 0.15) is 5.82 Å². The number of pyridine rings is 1. The molecule has 1 aliphatic rings. The Morgan fingerprint density at radius 2 is 2.29 bits per heavy atom. The number of nitrogens with two attached hydrogens (primary N) is 1. The maximum atomic E-state index is 5.98. The Morgan fingerprint density at radius 3 is 2.94 bits per heavy atom. The third-order valence-electron chi connectivity index (χ3n) is 3.37. The molecular weight excluding hydrogens is 214 g/mol. The van der Waals surface area contributed by atoms with Crippen LogP contribution < -0.4 is 11.1 Å². The number of ether oxygens (including phenoxy) is 1. The van der Waals surface area contributed by atoms with E-state index in [9.17, 15) is 0 Å². The van der Waals surface area contributed by atoms with Crippen LogP contribution in [0, 0.1) is 5.92 Å². The van der Waals surface area contributed by atoms with Crippen LogP contribution in [0.25, 0.3) is 0 Å². The van der Waals surface area contributed by atoms with Gasteiger partial charge in [0.25, 0.3) is 0 Å². The molecule has 4 heteroatoms. The van der Waals surface area contributed by atoms with Crippen molar-refractivity contribution in [2.45, 2.75) is 25.8 Å². The summed E-state index contributed by atoms with van der Waals surface area (Å²) in [6, 6.07) is 4.33. The zero-order chi connectivity index (χ0) is 12.1. The predicted molar refractivity (Wildman–Crippen MR) is 68.6 cm³/mol. The second-order valence-electron chi connectivity index (χ2n) is 4.46. The second kappa shape index (κ2) is 5.98. The Balaban J connectivity index is 2.18. The van der Waals surface area contributed by atoms with Crippen LogP contribution >= 0.6 is 0 Å². The van der Waals surface area contributed by atoms with Gasteiger partial charge in [-0.3, -0.25) is 0 Å². The van der Waals surface area contributed by atoms with Crippen molar-refractivity contribution in [3.63, 3.8) is 0 Å². The number of hydrogen-bond donors (Lipinski definition) is 2. The first-order valence-corrected chi connectivity index (χ1v) is 6.34. The van der Waals surface area contributed by atoms with Crippen molar-refractivity contribution in [3.8, 4) is 0 Å². The number of aromatic nitrogens is 1. The molecule has 0 saturated carbocycles. The van der Waals surface area contributed by atoms with Crippen molar-refractivity contribution < 1.29 is 4.74 Å². The highest BCUT2D eigenvalue weighted by molar-refractivity contribution is 5.41. The van der Waals surface area contributed by atoms with Gasteiger partial charge in [-0.25, -0.2) is 4.98 Å². The van der Waals surface area contributed by atoms with Crippen LogP contribution in [0.15, 0.2) is 18.3 Å². The van der Waals surface area contributed by atoms with Crippen LogP contribution in [0.3, 0.4) is 0 Å². The highest BCUT2D eigenvalue weighted by Crippen LogP contribution is 2.31. The van der Waals surface area contributed by atoms with Gasteiger partial charge in [0, 0.05) is 31.0 Å². The lowest BCUT2D eigenvalue weighted by molar-refractivity contribution is 0.0539. The van der Waals surface area contributed by atoms with Crippen molar-refractivity contribution in [2.75, 3.05) is 25.5 Å². The molecule has 0 bridgehead atoms. The Bertz CT molecular complexity index is 350. The first-order chi connectivity index (χ1) is 8.33. The zero-order valence-corrected chi connectivity index (χ0v) is 10.4. The maximum absolute atomic E-state index is 5.98. The van der Waals surface area contributed by atoms with Gasteiger partial charge in [0.15, 0.2) is 0 Å². The topological polar surface area (TPSA) is 60.2 Å². The van der Waals surface area contributed by atoms with E-state index in [1.807, 2.05) is 6.07 Å². The van der Waals surface area contributed by atoms with E-state index in [4.69, 9.17) is 10.5 Å². The molecule has 1 aliphatic heterocycles. The largest absolute Gasteiger partial charge is 0.383 e. The molecular formula is C13H21N3O. The molecule has 2 heterocycles. The summed E-state index contributed by atoms with van der Waals surface area (Å²) in [5, 5.41) is 3.53. The number of nitrogens with one attached hydrogen (secondary N) is 1. The molecule has 4 nitrogen and oxygen atoms in total. The monoisotopic (exact) mass is 235 g/mol. The first kappa shape index (κ1) is 12.3. The molecule has 1 aromatic heterocycles. The molecule has 2 rings (SSSR count). The fourth-order valence-corrected chi connectivity index (χ4v) is 2.49. The number of hydrogen-bond acceptors (Lipinski definition) is 4. The summed E-state index contributed by atoms with van der Waals surface area (Å²) in [5.41, 5.74) is 7.10. The van der Waals surface area contributed by atoms with Crippen LogP contribution in [-0.4, -0.2) is 24.7 Å². The van der Waals surface area contributed by atoms with E-state index in [0.29, 0.717) is 17.8 Å². The van der Waals surface area contributed by atoms with Gasteiger partial charge in [0.2, 0.25) is 0 Å². The highest BCUT2D eigenvalue weighted by atomic mass is 16.5.